The Morgan fingerprint density at radius 3 is 3.05 bits per heavy atom. The molecule has 0 saturated carbocycles. The Morgan fingerprint density at radius 1 is 1.52 bits per heavy atom. The van der Waals surface area contributed by atoms with Crippen molar-refractivity contribution in [1.29, 1.82) is 0 Å². The van der Waals surface area contributed by atoms with Gasteiger partial charge in [-0.1, -0.05) is 11.8 Å². The Morgan fingerprint density at radius 2 is 2.33 bits per heavy atom. The maximum atomic E-state index is 12.1. The summed E-state index contributed by atoms with van der Waals surface area (Å²) in [4.78, 5) is 17.3. The molecule has 0 aliphatic heterocycles. The molecule has 2 heterocycles. The number of thiophene rings is 1. The average molecular weight is 304 g/mol. The average Bonchev–Trinajstić information content (AvgIpc) is 2.89. The molecule has 0 radical (unpaired) electrons. The first kappa shape index (κ1) is 15.3. The van der Waals surface area contributed by atoms with E-state index in [0.29, 0.717) is 24.7 Å². The van der Waals surface area contributed by atoms with Crippen LogP contribution in [0.3, 0.4) is 0 Å². The van der Waals surface area contributed by atoms with Gasteiger partial charge in [0.1, 0.15) is 0 Å². The summed E-state index contributed by atoms with van der Waals surface area (Å²) in [5.74, 6) is 5.89. The van der Waals surface area contributed by atoms with E-state index in [0.717, 1.165) is 10.4 Å². The molecular weight excluding hydrogens is 288 g/mol. The minimum Gasteiger partial charge on any atom is -0.468 e. The number of methoxy groups -OCH3 is 1. The van der Waals surface area contributed by atoms with Gasteiger partial charge in [-0.05, 0) is 18.4 Å². The molecule has 0 aliphatic rings. The largest absolute Gasteiger partial charge is 0.468 e. The van der Waals surface area contributed by atoms with Crippen molar-refractivity contribution in [3.63, 3.8) is 0 Å². The smallest absolute Gasteiger partial charge is 0.299 e. The molecule has 5 nitrogen and oxygen atoms in total. The predicted octanol–water partition coefficient (Wildman–Crippen LogP) is 1.40. The van der Waals surface area contributed by atoms with Gasteiger partial charge in [-0.25, -0.2) is 4.98 Å². The van der Waals surface area contributed by atoms with Crippen molar-refractivity contribution in [3.05, 3.63) is 44.0 Å². The van der Waals surface area contributed by atoms with Gasteiger partial charge in [-0.15, -0.1) is 11.3 Å². The Kier molecular flexibility index (Phi) is 5.14. The third-order valence-electron chi connectivity index (χ3n) is 2.79. The van der Waals surface area contributed by atoms with Gasteiger partial charge in [-0.3, -0.25) is 9.36 Å². The van der Waals surface area contributed by atoms with Crippen LogP contribution >= 0.6 is 11.3 Å². The van der Waals surface area contributed by atoms with E-state index in [1.807, 2.05) is 11.4 Å². The summed E-state index contributed by atoms with van der Waals surface area (Å²) >= 11 is 1.53. The van der Waals surface area contributed by atoms with Crippen LogP contribution in [-0.4, -0.2) is 28.4 Å². The van der Waals surface area contributed by atoms with Crippen molar-refractivity contribution in [2.24, 2.45) is 0 Å². The minimum absolute atomic E-state index is 0.0433. The van der Waals surface area contributed by atoms with Crippen molar-refractivity contribution in [3.8, 4) is 17.9 Å². The van der Waals surface area contributed by atoms with Crippen LogP contribution in [0.15, 0.2) is 22.3 Å². The van der Waals surface area contributed by atoms with Crippen LogP contribution in [0.4, 0.5) is 0 Å². The molecule has 2 rings (SSSR count). The molecule has 6 heteroatoms. The molecule has 1 N–H and O–H groups in total. The predicted molar refractivity (Wildman–Crippen MR) is 81.8 cm³/mol. The fraction of sp³-hybridized carbons (Fsp3) is 0.333. The molecule has 21 heavy (non-hydrogen) atoms. The number of rotatable bonds is 4. The Bertz CT molecular complexity index is 737. The minimum atomic E-state index is -0.151. The van der Waals surface area contributed by atoms with Gasteiger partial charge in [0.05, 0.1) is 20.3 Å². The van der Waals surface area contributed by atoms with E-state index >= 15 is 0 Å². The fourth-order valence-corrected chi connectivity index (χ4v) is 2.65. The Labute approximate surface area is 126 Å². The van der Waals surface area contributed by atoms with Gasteiger partial charge >= 0.3 is 0 Å². The van der Waals surface area contributed by atoms with E-state index in [9.17, 15) is 4.79 Å². The molecule has 0 atom stereocenters. The second-order valence-electron chi connectivity index (χ2n) is 4.34. The first-order chi connectivity index (χ1) is 10.2. The first-order valence-corrected chi connectivity index (χ1v) is 7.32. The zero-order valence-corrected chi connectivity index (χ0v) is 12.7. The molecule has 2 aromatic heterocycles. The number of ether oxygens (including phenoxy) is 1. The maximum Gasteiger partial charge on any atom is 0.299 e. The highest BCUT2D eigenvalue weighted by atomic mass is 32.1. The SMILES string of the molecule is COc1nc(C)cc(=O)n1Cc1sccc1C#CCCO. The highest BCUT2D eigenvalue weighted by Crippen LogP contribution is 2.18. The number of nitrogens with zero attached hydrogens (tertiary/aromatic N) is 2. The molecule has 0 spiro atoms. The van der Waals surface area contributed by atoms with E-state index in [4.69, 9.17) is 9.84 Å². The van der Waals surface area contributed by atoms with Gasteiger partial charge in [0.25, 0.3) is 11.6 Å². The highest BCUT2D eigenvalue weighted by molar-refractivity contribution is 7.10. The van der Waals surface area contributed by atoms with Crippen LogP contribution in [0, 0.1) is 18.8 Å². The third kappa shape index (κ3) is 3.72. The molecule has 0 amide bonds. The van der Waals surface area contributed by atoms with E-state index in [2.05, 4.69) is 16.8 Å². The Hall–Kier alpha value is -2.10. The molecule has 0 saturated heterocycles. The van der Waals surface area contributed by atoms with Crippen molar-refractivity contribution >= 4 is 11.3 Å². The van der Waals surface area contributed by atoms with Gasteiger partial charge in [0.15, 0.2) is 0 Å². The van der Waals surface area contributed by atoms with Crippen LogP contribution in [0.1, 0.15) is 22.6 Å². The summed E-state index contributed by atoms with van der Waals surface area (Å²) in [6.45, 7) is 2.17. The summed E-state index contributed by atoms with van der Waals surface area (Å²) < 4.78 is 6.66. The van der Waals surface area contributed by atoms with Crippen molar-refractivity contribution < 1.29 is 9.84 Å². The summed E-state index contributed by atoms with van der Waals surface area (Å²) in [5, 5.41) is 10.7. The van der Waals surface area contributed by atoms with Crippen molar-refractivity contribution in [2.75, 3.05) is 13.7 Å². The van der Waals surface area contributed by atoms with Crippen molar-refractivity contribution in [1.82, 2.24) is 9.55 Å². The quantitative estimate of drug-likeness (QED) is 0.867. The van der Waals surface area contributed by atoms with E-state index in [1.165, 1.54) is 29.1 Å². The lowest BCUT2D eigenvalue weighted by Crippen LogP contribution is -2.23. The van der Waals surface area contributed by atoms with Crippen LogP contribution in [-0.2, 0) is 6.54 Å². The molecule has 0 aromatic carbocycles. The standard InChI is InChI=1S/C15H16N2O3S/c1-11-9-14(19)17(15(16-11)20-2)10-13-12(6-8-21-13)5-3-4-7-18/h6,8-9,18H,4,7,10H2,1-2H3. The van der Waals surface area contributed by atoms with Gasteiger partial charge in [0.2, 0.25) is 0 Å². The number of aliphatic hydroxyl groups is 1. The summed E-state index contributed by atoms with van der Waals surface area (Å²) in [7, 11) is 1.49. The maximum absolute atomic E-state index is 12.1. The molecule has 110 valence electrons. The number of hydrogen-bond acceptors (Lipinski definition) is 5. The monoisotopic (exact) mass is 304 g/mol. The third-order valence-corrected chi connectivity index (χ3v) is 3.70. The number of aryl methyl sites for hydroxylation is 1. The zero-order valence-electron chi connectivity index (χ0n) is 11.9. The lowest BCUT2D eigenvalue weighted by Gasteiger charge is -2.10. The summed E-state index contributed by atoms with van der Waals surface area (Å²) in [6, 6.07) is 3.68. The second kappa shape index (κ2) is 7.07. The van der Waals surface area contributed by atoms with E-state index in [-0.39, 0.29) is 12.2 Å². The lowest BCUT2D eigenvalue weighted by molar-refractivity contribution is 0.305. The molecule has 0 bridgehead atoms. The van der Waals surface area contributed by atoms with Gasteiger partial charge in [0, 0.05) is 28.6 Å². The lowest BCUT2D eigenvalue weighted by atomic mass is 10.2. The second-order valence-corrected chi connectivity index (χ2v) is 5.34. The zero-order chi connectivity index (χ0) is 15.2. The number of hydrogen-bond donors (Lipinski definition) is 1. The highest BCUT2D eigenvalue weighted by Gasteiger charge is 2.11. The van der Waals surface area contributed by atoms with Crippen LogP contribution in [0.2, 0.25) is 0 Å². The fourth-order valence-electron chi connectivity index (χ4n) is 1.83. The number of aromatic nitrogens is 2. The molecule has 0 unspecified atom stereocenters. The van der Waals surface area contributed by atoms with Gasteiger partial charge < -0.3 is 9.84 Å². The summed E-state index contributed by atoms with van der Waals surface area (Å²) in [5.41, 5.74) is 1.34. The van der Waals surface area contributed by atoms with Crippen molar-refractivity contribution in [2.45, 2.75) is 19.9 Å². The Balaban J connectivity index is 2.34. The first-order valence-electron chi connectivity index (χ1n) is 6.44. The number of aliphatic hydroxyl groups excluding tert-OH is 1. The van der Waals surface area contributed by atoms with E-state index < -0.39 is 0 Å². The van der Waals surface area contributed by atoms with Crippen LogP contribution < -0.4 is 10.3 Å². The normalized spacial score (nSPS) is 10.0. The molecule has 0 aliphatic carbocycles. The summed E-state index contributed by atoms with van der Waals surface area (Å²) in [6.07, 6.45) is 0.435. The van der Waals surface area contributed by atoms with Crippen LogP contribution in [0.5, 0.6) is 6.01 Å². The van der Waals surface area contributed by atoms with E-state index in [1.54, 1.807) is 6.92 Å². The molecular formula is C15H16N2O3S. The molecule has 2 aromatic rings. The molecule has 0 fully saturated rings. The van der Waals surface area contributed by atoms with Gasteiger partial charge in [-0.2, -0.15) is 0 Å². The topological polar surface area (TPSA) is 64.3 Å². The van der Waals surface area contributed by atoms with Crippen LogP contribution in [0.25, 0.3) is 0 Å².